The predicted octanol–water partition coefficient (Wildman–Crippen LogP) is 5.96. The third-order valence-electron chi connectivity index (χ3n) is 4.33. The fourth-order valence-corrected chi connectivity index (χ4v) is 3.09. The number of aromatic nitrogens is 3. The van der Waals surface area contributed by atoms with Gasteiger partial charge >= 0.3 is 0 Å². The third kappa shape index (κ3) is 4.41. The van der Waals surface area contributed by atoms with Crippen LogP contribution in [0.25, 0.3) is 22.5 Å². The summed E-state index contributed by atoms with van der Waals surface area (Å²) in [6, 6.07) is 20.2. The minimum atomic E-state index is 0.103. The van der Waals surface area contributed by atoms with Crippen molar-refractivity contribution < 1.29 is 4.74 Å². The summed E-state index contributed by atoms with van der Waals surface area (Å²) >= 11 is 12.1. The topological polar surface area (TPSA) is 71.7 Å². The van der Waals surface area contributed by atoms with Crippen LogP contribution in [0, 0.1) is 11.3 Å². The average Bonchev–Trinajstić information content (AvgIpc) is 2.79. The van der Waals surface area contributed by atoms with Crippen LogP contribution in [0.2, 0.25) is 10.0 Å². The molecule has 2 aromatic carbocycles. The van der Waals surface area contributed by atoms with Gasteiger partial charge in [-0.1, -0.05) is 47.5 Å². The Morgan fingerprint density at radius 1 is 0.767 bits per heavy atom. The van der Waals surface area contributed by atoms with Crippen LogP contribution < -0.4 is 4.74 Å². The molecule has 0 amide bonds. The van der Waals surface area contributed by atoms with Gasteiger partial charge in [-0.15, -0.1) is 0 Å². The highest BCUT2D eigenvalue weighted by atomic mass is 35.5. The quantitative estimate of drug-likeness (QED) is 0.388. The first-order chi connectivity index (χ1) is 14.6. The minimum Gasteiger partial charge on any atom is -0.471 e. The first-order valence-electron chi connectivity index (χ1n) is 9.00. The Morgan fingerprint density at radius 3 is 1.83 bits per heavy atom. The zero-order valence-corrected chi connectivity index (χ0v) is 17.1. The molecule has 5 nitrogen and oxygen atoms in total. The van der Waals surface area contributed by atoms with E-state index >= 15 is 0 Å². The van der Waals surface area contributed by atoms with Crippen molar-refractivity contribution in [1.82, 2.24) is 15.0 Å². The number of nitriles is 1. The van der Waals surface area contributed by atoms with E-state index in [4.69, 9.17) is 27.9 Å². The van der Waals surface area contributed by atoms with Gasteiger partial charge in [-0.05, 0) is 42.0 Å². The molecule has 0 aliphatic carbocycles. The zero-order chi connectivity index (χ0) is 20.9. The second-order valence-corrected chi connectivity index (χ2v) is 7.22. The molecule has 30 heavy (non-hydrogen) atoms. The first kappa shape index (κ1) is 19.8. The van der Waals surface area contributed by atoms with Gasteiger partial charge in [0.1, 0.15) is 18.4 Å². The van der Waals surface area contributed by atoms with E-state index in [1.165, 1.54) is 0 Å². The van der Waals surface area contributed by atoms with Crippen LogP contribution in [-0.4, -0.2) is 15.0 Å². The van der Waals surface area contributed by atoms with Gasteiger partial charge in [-0.2, -0.15) is 5.26 Å². The Morgan fingerprint density at radius 2 is 1.30 bits per heavy atom. The number of hydrogen-bond donors (Lipinski definition) is 0. The largest absolute Gasteiger partial charge is 0.471 e. The predicted molar refractivity (Wildman–Crippen MR) is 116 cm³/mol. The lowest BCUT2D eigenvalue weighted by Gasteiger charge is -2.13. The molecule has 0 aliphatic rings. The van der Waals surface area contributed by atoms with E-state index in [2.05, 4.69) is 21.0 Å². The molecular weight excluding hydrogens is 419 g/mol. The summed E-state index contributed by atoms with van der Waals surface area (Å²) in [6.07, 6.45) is 3.36. The van der Waals surface area contributed by atoms with Gasteiger partial charge in [0, 0.05) is 33.6 Å². The molecule has 2 aromatic heterocycles. The summed E-state index contributed by atoms with van der Waals surface area (Å²) in [7, 11) is 0. The van der Waals surface area contributed by atoms with Crippen molar-refractivity contribution in [2.24, 2.45) is 0 Å². The average molecular weight is 433 g/mol. The summed E-state index contributed by atoms with van der Waals surface area (Å²) in [5.74, 6) is 0.164. The van der Waals surface area contributed by atoms with Gasteiger partial charge < -0.3 is 4.74 Å². The Labute approximate surface area is 183 Å². The fraction of sp³-hybridized carbons (Fsp3) is 0.0435. The SMILES string of the molecule is N#Cc1nc(-c2ccc(Cl)cc2)c(-c2ccc(Cl)cc2)nc1OCc1ccncc1. The molecule has 4 rings (SSSR count). The summed E-state index contributed by atoms with van der Waals surface area (Å²) < 4.78 is 5.84. The Kier molecular flexibility index (Phi) is 5.89. The van der Waals surface area contributed by atoms with Crippen LogP contribution in [0.15, 0.2) is 73.1 Å². The summed E-state index contributed by atoms with van der Waals surface area (Å²) in [5.41, 5.74) is 3.74. The van der Waals surface area contributed by atoms with E-state index < -0.39 is 0 Å². The molecule has 2 heterocycles. The highest BCUT2D eigenvalue weighted by Crippen LogP contribution is 2.33. The summed E-state index contributed by atoms with van der Waals surface area (Å²) in [6.45, 7) is 0.242. The maximum atomic E-state index is 9.65. The van der Waals surface area contributed by atoms with E-state index in [0.29, 0.717) is 21.4 Å². The van der Waals surface area contributed by atoms with Crippen molar-refractivity contribution >= 4 is 23.2 Å². The second kappa shape index (κ2) is 8.91. The van der Waals surface area contributed by atoms with Gasteiger partial charge in [0.05, 0.1) is 5.69 Å². The normalized spacial score (nSPS) is 10.4. The molecule has 0 radical (unpaired) electrons. The van der Waals surface area contributed by atoms with Gasteiger partial charge in [0.15, 0.2) is 0 Å². The van der Waals surface area contributed by atoms with Crippen LogP contribution in [0.1, 0.15) is 11.3 Å². The van der Waals surface area contributed by atoms with Gasteiger partial charge in [0.2, 0.25) is 5.69 Å². The van der Waals surface area contributed by atoms with E-state index in [1.54, 1.807) is 36.7 Å². The monoisotopic (exact) mass is 432 g/mol. The maximum Gasteiger partial charge on any atom is 0.252 e. The standard InChI is InChI=1S/C23H14Cl2N4O/c24-18-5-1-16(2-6-18)21-22(17-3-7-19(25)8-4-17)29-23(20(13-26)28-21)30-14-15-9-11-27-12-10-15/h1-12H,14H2. The number of pyridine rings is 1. The molecule has 4 aromatic rings. The first-order valence-corrected chi connectivity index (χ1v) is 9.75. The molecular formula is C23H14Cl2N4O. The summed E-state index contributed by atoms with van der Waals surface area (Å²) in [4.78, 5) is 13.2. The lowest BCUT2D eigenvalue weighted by Crippen LogP contribution is -2.04. The summed E-state index contributed by atoms with van der Waals surface area (Å²) in [5, 5.41) is 10.9. The molecule has 0 aliphatic heterocycles. The maximum absolute atomic E-state index is 9.65. The van der Waals surface area contributed by atoms with Crippen LogP contribution in [0.3, 0.4) is 0 Å². The highest BCUT2D eigenvalue weighted by molar-refractivity contribution is 6.31. The molecule has 0 bridgehead atoms. The molecule has 7 heteroatoms. The van der Waals surface area contributed by atoms with E-state index in [9.17, 15) is 5.26 Å². The van der Waals surface area contributed by atoms with Crippen LogP contribution in [0.5, 0.6) is 5.88 Å². The van der Waals surface area contributed by atoms with Gasteiger partial charge in [-0.25, -0.2) is 9.97 Å². The van der Waals surface area contributed by atoms with Crippen molar-refractivity contribution in [2.45, 2.75) is 6.61 Å². The number of nitrogens with zero attached hydrogens (tertiary/aromatic N) is 4. The molecule has 0 saturated heterocycles. The van der Waals surface area contributed by atoms with E-state index in [0.717, 1.165) is 16.7 Å². The minimum absolute atomic E-state index is 0.103. The van der Waals surface area contributed by atoms with Crippen LogP contribution in [0.4, 0.5) is 0 Å². The van der Waals surface area contributed by atoms with Gasteiger partial charge in [-0.3, -0.25) is 4.98 Å². The Balaban J connectivity index is 1.82. The number of hydrogen-bond acceptors (Lipinski definition) is 5. The van der Waals surface area contributed by atoms with E-state index in [1.807, 2.05) is 36.4 Å². The number of halogens is 2. The smallest absolute Gasteiger partial charge is 0.252 e. The lowest BCUT2D eigenvalue weighted by atomic mass is 10.0. The zero-order valence-electron chi connectivity index (χ0n) is 15.6. The molecule has 0 atom stereocenters. The molecule has 0 unspecified atom stereocenters. The highest BCUT2D eigenvalue weighted by Gasteiger charge is 2.18. The van der Waals surface area contributed by atoms with Crippen molar-refractivity contribution in [3.63, 3.8) is 0 Å². The fourth-order valence-electron chi connectivity index (χ4n) is 2.84. The molecule has 0 N–H and O–H groups in total. The Hall–Kier alpha value is -3.46. The number of rotatable bonds is 5. The van der Waals surface area contributed by atoms with Crippen molar-refractivity contribution in [3.05, 3.63) is 94.4 Å². The van der Waals surface area contributed by atoms with Crippen LogP contribution >= 0.6 is 23.2 Å². The van der Waals surface area contributed by atoms with Crippen molar-refractivity contribution in [2.75, 3.05) is 0 Å². The van der Waals surface area contributed by atoms with Crippen molar-refractivity contribution in [1.29, 1.82) is 5.26 Å². The molecule has 0 saturated carbocycles. The third-order valence-corrected chi connectivity index (χ3v) is 4.83. The second-order valence-electron chi connectivity index (χ2n) is 6.34. The molecule has 0 spiro atoms. The number of benzene rings is 2. The van der Waals surface area contributed by atoms with Crippen LogP contribution in [-0.2, 0) is 6.61 Å². The molecule has 0 fully saturated rings. The Bertz CT molecular complexity index is 1210. The van der Waals surface area contributed by atoms with E-state index in [-0.39, 0.29) is 18.2 Å². The number of ether oxygens (including phenoxy) is 1. The molecule has 146 valence electrons. The van der Waals surface area contributed by atoms with Gasteiger partial charge in [0.25, 0.3) is 5.88 Å². The lowest BCUT2D eigenvalue weighted by molar-refractivity contribution is 0.292. The van der Waals surface area contributed by atoms with Crippen molar-refractivity contribution in [3.8, 4) is 34.5 Å².